The van der Waals surface area contributed by atoms with E-state index in [1.165, 1.54) is 0 Å². The van der Waals surface area contributed by atoms with Crippen LogP contribution in [0.3, 0.4) is 0 Å². The predicted molar refractivity (Wildman–Crippen MR) is 55.2 cm³/mol. The summed E-state index contributed by atoms with van der Waals surface area (Å²) in [5.41, 5.74) is 5.57. The van der Waals surface area contributed by atoms with Gasteiger partial charge in [-0.1, -0.05) is 13.3 Å². The summed E-state index contributed by atoms with van der Waals surface area (Å²) < 4.78 is 5.06. The number of carbonyl (C=O) groups excluding carboxylic acids is 1. The molecule has 0 spiro atoms. The van der Waals surface area contributed by atoms with Crippen LogP contribution in [0.5, 0.6) is 0 Å². The molecule has 14 heavy (non-hydrogen) atoms. The van der Waals surface area contributed by atoms with Crippen LogP contribution in [0.1, 0.15) is 26.2 Å². The molecule has 0 unspecified atom stereocenters. The van der Waals surface area contributed by atoms with E-state index in [1.54, 1.807) is 0 Å². The molecule has 0 aromatic rings. The van der Waals surface area contributed by atoms with E-state index < -0.39 is 6.04 Å². The molecular weight excluding hydrogens is 206 g/mol. The molecule has 0 aromatic heterocycles. The maximum atomic E-state index is 11.2. The lowest BCUT2D eigenvalue weighted by molar-refractivity contribution is -0.145. The monoisotopic (exact) mass is 223 g/mol. The third kappa shape index (κ3) is 3.12. The highest BCUT2D eigenvalue weighted by Gasteiger charge is 2.36. The van der Waals surface area contributed by atoms with Crippen molar-refractivity contribution >= 4 is 18.4 Å². The summed E-state index contributed by atoms with van der Waals surface area (Å²) in [6.07, 6.45) is 2.21. The van der Waals surface area contributed by atoms with Crippen molar-refractivity contribution in [1.29, 1.82) is 0 Å². The molecule has 0 aliphatic carbocycles. The molecule has 5 heteroatoms. The zero-order valence-corrected chi connectivity index (χ0v) is 9.13. The lowest BCUT2D eigenvalue weighted by Crippen LogP contribution is -2.37. The van der Waals surface area contributed by atoms with Crippen LogP contribution in [0, 0.1) is 5.92 Å². The summed E-state index contributed by atoms with van der Waals surface area (Å²) in [5.74, 6) is -0.164. The molecule has 1 saturated heterocycles. The van der Waals surface area contributed by atoms with Crippen LogP contribution in [-0.4, -0.2) is 29.8 Å². The Balaban J connectivity index is 0.00000169. The Hall–Kier alpha value is -0.320. The number of esters is 1. The molecule has 0 amide bonds. The summed E-state index contributed by atoms with van der Waals surface area (Å²) in [6, 6.07) is -0.425. The highest BCUT2D eigenvalue weighted by Crippen LogP contribution is 2.26. The molecule has 0 radical (unpaired) electrons. The quantitative estimate of drug-likeness (QED) is 0.680. The second-order valence-electron chi connectivity index (χ2n) is 3.54. The van der Waals surface area contributed by atoms with E-state index >= 15 is 0 Å². The molecule has 0 aromatic carbocycles. The molecule has 3 N–H and O–H groups in total. The maximum Gasteiger partial charge on any atom is 0.309 e. The zero-order chi connectivity index (χ0) is 9.84. The van der Waals surface area contributed by atoms with Gasteiger partial charge in [-0.2, -0.15) is 0 Å². The van der Waals surface area contributed by atoms with Crippen molar-refractivity contribution in [3.8, 4) is 0 Å². The Labute approximate surface area is 90.2 Å². The van der Waals surface area contributed by atoms with Gasteiger partial charge in [-0.25, -0.2) is 0 Å². The number of halogens is 1. The smallest absolute Gasteiger partial charge is 0.309 e. The second kappa shape index (κ2) is 6.22. The lowest BCUT2D eigenvalue weighted by Gasteiger charge is -2.14. The Morgan fingerprint density at radius 2 is 2.36 bits per heavy atom. The standard InChI is InChI=1S/C9H17NO3.ClH/c1-2-3-6-4-8(7(10)5-11)13-9(6)12;/h6-8,11H,2-5,10H2,1H3;1H/t6-,7+,8+;/m1./s1. The first-order chi connectivity index (χ1) is 6.19. The van der Waals surface area contributed by atoms with Crippen molar-refractivity contribution in [2.24, 2.45) is 11.7 Å². The van der Waals surface area contributed by atoms with Crippen LogP contribution in [0.2, 0.25) is 0 Å². The average molecular weight is 224 g/mol. The van der Waals surface area contributed by atoms with Crippen molar-refractivity contribution in [3.63, 3.8) is 0 Å². The van der Waals surface area contributed by atoms with Gasteiger partial charge in [-0.05, 0) is 12.8 Å². The molecule has 0 bridgehead atoms. The molecule has 1 rings (SSSR count). The number of aliphatic hydroxyl groups excluding tert-OH is 1. The average Bonchev–Trinajstić information content (AvgIpc) is 2.47. The van der Waals surface area contributed by atoms with Gasteiger partial charge < -0.3 is 15.6 Å². The highest BCUT2D eigenvalue weighted by atomic mass is 35.5. The van der Waals surface area contributed by atoms with Gasteiger partial charge in [-0.3, -0.25) is 4.79 Å². The topological polar surface area (TPSA) is 72.6 Å². The van der Waals surface area contributed by atoms with Gasteiger partial charge >= 0.3 is 5.97 Å². The van der Waals surface area contributed by atoms with Gasteiger partial charge in [-0.15, -0.1) is 12.4 Å². The Bertz CT molecular complexity index is 189. The molecule has 1 aliphatic heterocycles. The van der Waals surface area contributed by atoms with E-state index in [4.69, 9.17) is 15.6 Å². The Morgan fingerprint density at radius 1 is 1.71 bits per heavy atom. The van der Waals surface area contributed by atoms with Gasteiger partial charge in [0.05, 0.1) is 18.6 Å². The third-order valence-corrected chi connectivity index (χ3v) is 2.44. The summed E-state index contributed by atoms with van der Waals surface area (Å²) in [7, 11) is 0. The number of hydrogen-bond donors (Lipinski definition) is 2. The normalized spacial score (nSPS) is 28.1. The number of ether oxygens (including phenoxy) is 1. The van der Waals surface area contributed by atoms with Gasteiger partial charge in [0.1, 0.15) is 6.10 Å². The highest BCUT2D eigenvalue weighted by molar-refractivity contribution is 5.85. The van der Waals surface area contributed by atoms with E-state index in [0.717, 1.165) is 12.8 Å². The fraction of sp³-hybridized carbons (Fsp3) is 0.889. The molecular formula is C9H18ClNO3. The lowest BCUT2D eigenvalue weighted by atomic mass is 9.97. The SMILES string of the molecule is CCC[C@@H]1C[C@@H]([C@@H](N)CO)OC1=O.Cl. The molecule has 1 fully saturated rings. The number of hydrogen-bond acceptors (Lipinski definition) is 4. The number of cyclic esters (lactones) is 1. The number of carbonyl (C=O) groups is 1. The van der Waals surface area contributed by atoms with Crippen LogP contribution in [0.4, 0.5) is 0 Å². The van der Waals surface area contributed by atoms with Crippen molar-refractivity contribution in [2.45, 2.75) is 38.3 Å². The first-order valence-electron chi connectivity index (χ1n) is 4.76. The van der Waals surface area contributed by atoms with Crippen molar-refractivity contribution < 1.29 is 14.6 Å². The Morgan fingerprint density at radius 3 is 2.86 bits per heavy atom. The van der Waals surface area contributed by atoms with Gasteiger partial charge in [0.2, 0.25) is 0 Å². The fourth-order valence-corrected chi connectivity index (χ4v) is 1.63. The van der Waals surface area contributed by atoms with Crippen LogP contribution >= 0.6 is 12.4 Å². The number of rotatable bonds is 4. The van der Waals surface area contributed by atoms with E-state index in [9.17, 15) is 4.79 Å². The van der Waals surface area contributed by atoms with Gasteiger partial charge in [0.15, 0.2) is 0 Å². The number of aliphatic hydroxyl groups is 1. The summed E-state index contributed by atoms with van der Waals surface area (Å²) in [6.45, 7) is 1.91. The Kier molecular flexibility index (Phi) is 6.08. The molecule has 84 valence electrons. The minimum absolute atomic E-state index is 0. The minimum atomic E-state index is -0.425. The van der Waals surface area contributed by atoms with Crippen LogP contribution in [-0.2, 0) is 9.53 Å². The zero-order valence-electron chi connectivity index (χ0n) is 8.31. The van der Waals surface area contributed by atoms with Crippen molar-refractivity contribution in [2.75, 3.05) is 6.61 Å². The van der Waals surface area contributed by atoms with Crippen molar-refractivity contribution in [1.82, 2.24) is 0 Å². The molecule has 1 heterocycles. The summed E-state index contributed by atoms with van der Waals surface area (Å²) in [5, 5.41) is 8.78. The number of nitrogens with two attached hydrogens (primary N) is 1. The van der Waals surface area contributed by atoms with E-state index in [1.807, 2.05) is 6.92 Å². The summed E-state index contributed by atoms with van der Waals surface area (Å²) >= 11 is 0. The van der Waals surface area contributed by atoms with E-state index in [0.29, 0.717) is 6.42 Å². The van der Waals surface area contributed by atoms with Crippen molar-refractivity contribution in [3.05, 3.63) is 0 Å². The van der Waals surface area contributed by atoms with E-state index in [2.05, 4.69) is 0 Å². The van der Waals surface area contributed by atoms with Crippen LogP contribution in [0.25, 0.3) is 0 Å². The summed E-state index contributed by atoms with van der Waals surface area (Å²) in [4.78, 5) is 11.2. The fourth-order valence-electron chi connectivity index (χ4n) is 1.63. The van der Waals surface area contributed by atoms with Gasteiger partial charge in [0.25, 0.3) is 0 Å². The maximum absolute atomic E-state index is 11.2. The minimum Gasteiger partial charge on any atom is -0.460 e. The third-order valence-electron chi connectivity index (χ3n) is 2.44. The largest absolute Gasteiger partial charge is 0.460 e. The van der Waals surface area contributed by atoms with Gasteiger partial charge in [0, 0.05) is 0 Å². The van der Waals surface area contributed by atoms with Crippen LogP contribution in [0.15, 0.2) is 0 Å². The first-order valence-corrected chi connectivity index (χ1v) is 4.76. The molecule has 3 atom stereocenters. The predicted octanol–water partition coefficient (Wildman–Crippen LogP) is 0.460. The molecule has 1 aliphatic rings. The van der Waals surface area contributed by atoms with E-state index in [-0.39, 0.29) is 37.0 Å². The van der Waals surface area contributed by atoms with Crippen LogP contribution < -0.4 is 5.73 Å². The second-order valence-corrected chi connectivity index (χ2v) is 3.54. The first kappa shape index (κ1) is 13.7. The molecule has 0 saturated carbocycles. The molecule has 4 nitrogen and oxygen atoms in total.